The van der Waals surface area contributed by atoms with Crippen LogP contribution in [0.25, 0.3) is 10.7 Å². The Balaban J connectivity index is 0.00000210. The van der Waals surface area contributed by atoms with E-state index in [4.69, 9.17) is 0 Å². The van der Waals surface area contributed by atoms with Crippen LogP contribution in [0.15, 0.2) is 30.5 Å². The van der Waals surface area contributed by atoms with E-state index in [1.807, 2.05) is 13.1 Å². The predicted molar refractivity (Wildman–Crippen MR) is 105 cm³/mol. The van der Waals surface area contributed by atoms with E-state index in [1.165, 1.54) is 17.4 Å². The molecule has 142 valence electrons. The number of nitrogens with zero attached hydrogens (tertiary/aromatic N) is 3. The van der Waals surface area contributed by atoms with Crippen LogP contribution >= 0.6 is 24.8 Å². The number of nitrogens with one attached hydrogen (secondary N) is 1. The molecule has 1 aliphatic carbocycles. The highest BCUT2D eigenvalue weighted by molar-refractivity contribution is 7.59. The van der Waals surface area contributed by atoms with Gasteiger partial charge in [-0.3, -0.25) is 14.7 Å². The Morgan fingerprint density at radius 2 is 2.15 bits per heavy atom. The number of aryl methyl sites for hydroxylation is 1. The van der Waals surface area contributed by atoms with Crippen LogP contribution in [-0.2, 0) is 30.1 Å². The van der Waals surface area contributed by atoms with E-state index in [9.17, 15) is 14.4 Å². The third-order valence-electron chi connectivity index (χ3n) is 5.07. The van der Waals surface area contributed by atoms with E-state index in [0.29, 0.717) is 24.0 Å². The number of hydroxylamine groups is 1. The van der Waals surface area contributed by atoms with Gasteiger partial charge in [0, 0.05) is 31.0 Å². The Morgan fingerprint density at radius 1 is 1.37 bits per heavy atom. The molecule has 0 spiro atoms. The Hall–Kier alpha value is -2.23. The minimum atomic E-state index is -1.06. The van der Waals surface area contributed by atoms with Gasteiger partial charge in [-0.25, -0.2) is 14.9 Å². The lowest BCUT2D eigenvalue weighted by Crippen LogP contribution is -2.44. The van der Waals surface area contributed by atoms with E-state index in [0.717, 1.165) is 21.3 Å². The van der Waals surface area contributed by atoms with Crippen LogP contribution in [0.3, 0.4) is 0 Å². The van der Waals surface area contributed by atoms with Crippen LogP contribution in [0.4, 0.5) is 4.39 Å². The maximum atomic E-state index is 14.1. The first kappa shape index (κ1) is 19.5. The minimum absolute atomic E-state index is 0. The molecule has 1 amide bonds. The lowest BCUT2D eigenvalue weighted by atomic mass is 9.75. The summed E-state index contributed by atoms with van der Waals surface area (Å²) in [6, 6.07) is 6.59. The van der Waals surface area contributed by atoms with Gasteiger partial charge in [-0.15, -0.1) is 11.3 Å². The summed E-state index contributed by atoms with van der Waals surface area (Å²) in [5, 5.41) is 14.3. The van der Waals surface area contributed by atoms with Gasteiger partial charge in [-0.2, -0.15) is 18.6 Å². The average Bonchev–Trinajstić information content (AvgIpc) is 3.29. The van der Waals surface area contributed by atoms with Gasteiger partial charge in [0.15, 0.2) is 0 Å². The van der Waals surface area contributed by atoms with Gasteiger partial charge < -0.3 is 0 Å². The zero-order chi connectivity index (χ0) is 18.5. The molecule has 0 unspecified atom stereocenters. The zero-order valence-electron chi connectivity index (χ0n) is 14.8. The molecule has 0 saturated carbocycles. The number of benzene rings is 1. The molecule has 2 heterocycles. The monoisotopic (exact) mass is 406 g/mol. The highest BCUT2D eigenvalue weighted by atomic mass is 32.1. The van der Waals surface area contributed by atoms with Gasteiger partial charge in [0.05, 0.1) is 16.8 Å². The third-order valence-corrected chi connectivity index (χ3v) is 6.19. The molecule has 2 aromatic heterocycles. The van der Waals surface area contributed by atoms with E-state index in [2.05, 4.69) is 10.1 Å². The maximum absolute atomic E-state index is 14.1. The number of hydrogen-bond acceptors (Lipinski definition) is 5. The second kappa shape index (κ2) is 7.06. The third kappa shape index (κ3) is 2.95. The molecule has 6 nitrogen and oxygen atoms in total. The number of rotatable bonds is 3. The van der Waals surface area contributed by atoms with Gasteiger partial charge in [0.25, 0.3) is 5.91 Å². The van der Waals surface area contributed by atoms with E-state index in [1.54, 1.807) is 35.4 Å². The molecule has 9 heteroatoms. The largest absolute Gasteiger partial charge is 0.289 e. The molecule has 1 aromatic carbocycles. The number of halogens is 1. The molecular formula is C18H19FN4O2S2. The molecule has 2 N–H and O–H groups in total. The van der Waals surface area contributed by atoms with Crippen LogP contribution in [0.1, 0.15) is 21.7 Å². The summed E-state index contributed by atoms with van der Waals surface area (Å²) >= 11 is 1.50. The van der Waals surface area contributed by atoms with Crippen LogP contribution in [0.5, 0.6) is 0 Å². The highest BCUT2D eigenvalue weighted by Gasteiger charge is 2.48. The summed E-state index contributed by atoms with van der Waals surface area (Å²) in [4.78, 5) is 18.3. The summed E-state index contributed by atoms with van der Waals surface area (Å²) in [5.74, 6) is -0.912. The minimum Gasteiger partial charge on any atom is -0.289 e. The molecular weight excluding hydrogens is 387 g/mol. The second-order valence-corrected chi connectivity index (χ2v) is 7.60. The predicted octanol–water partition coefficient (Wildman–Crippen LogP) is 2.65. The molecule has 27 heavy (non-hydrogen) atoms. The average molecular weight is 407 g/mol. The molecule has 0 fully saturated rings. The number of amides is 1. The van der Waals surface area contributed by atoms with Crippen molar-refractivity contribution in [2.24, 2.45) is 7.05 Å². The summed E-state index contributed by atoms with van der Waals surface area (Å²) in [6.45, 7) is 1.65. The lowest BCUT2D eigenvalue weighted by Gasteiger charge is -2.28. The van der Waals surface area contributed by atoms with Crippen molar-refractivity contribution in [3.8, 4) is 10.7 Å². The lowest BCUT2D eigenvalue weighted by molar-refractivity contribution is -0.135. The zero-order valence-corrected chi connectivity index (χ0v) is 16.6. The van der Waals surface area contributed by atoms with E-state index < -0.39 is 11.3 Å². The number of carbonyl (C=O) groups excluding carboxylic acids is 1. The van der Waals surface area contributed by atoms with Gasteiger partial charge in [-0.1, -0.05) is 12.1 Å². The van der Waals surface area contributed by atoms with Crippen LogP contribution in [0, 0.1) is 12.7 Å². The topological polar surface area (TPSA) is 80.0 Å². The van der Waals surface area contributed by atoms with Gasteiger partial charge in [0.1, 0.15) is 10.8 Å². The summed E-state index contributed by atoms with van der Waals surface area (Å²) < 4.78 is 15.9. The van der Waals surface area contributed by atoms with Crippen molar-refractivity contribution in [1.29, 1.82) is 0 Å². The Morgan fingerprint density at radius 3 is 2.78 bits per heavy atom. The Bertz CT molecular complexity index is 991. The molecule has 0 aliphatic heterocycles. The van der Waals surface area contributed by atoms with Gasteiger partial charge in [0.2, 0.25) is 0 Å². The summed E-state index contributed by atoms with van der Waals surface area (Å²) in [7, 11) is 1.85. The summed E-state index contributed by atoms with van der Waals surface area (Å²) in [5.41, 5.74) is 3.42. The highest BCUT2D eigenvalue weighted by Crippen LogP contribution is 2.45. The van der Waals surface area contributed by atoms with Crippen molar-refractivity contribution in [2.45, 2.75) is 25.2 Å². The number of hydrogen-bond donors (Lipinski definition) is 2. The summed E-state index contributed by atoms with van der Waals surface area (Å²) in [6.07, 6.45) is 2.39. The molecule has 1 atom stereocenters. The molecule has 0 bridgehead atoms. The first-order valence-electron chi connectivity index (χ1n) is 8.13. The number of aromatic nitrogens is 3. The van der Waals surface area contributed by atoms with Crippen molar-refractivity contribution in [1.82, 2.24) is 20.2 Å². The van der Waals surface area contributed by atoms with Gasteiger partial charge >= 0.3 is 0 Å². The van der Waals surface area contributed by atoms with Crippen molar-refractivity contribution in [2.75, 3.05) is 0 Å². The van der Waals surface area contributed by atoms with E-state index >= 15 is 0 Å². The Labute approximate surface area is 166 Å². The number of carbonyl (C=O) groups is 1. The normalized spacial score (nSPS) is 18.1. The first-order chi connectivity index (χ1) is 12.5. The fourth-order valence-electron chi connectivity index (χ4n) is 3.68. The number of thiazole rings is 1. The van der Waals surface area contributed by atoms with Crippen molar-refractivity contribution < 1.29 is 14.4 Å². The maximum Gasteiger partial charge on any atom is 0.254 e. The molecule has 0 saturated heterocycles. The fourth-order valence-corrected chi connectivity index (χ4v) is 4.93. The standard InChI is InChI=1S/C18H17FN4O2S.H2S/c1-10-11(4-3-5-12(10)19)18(17(24)22-25)8-13-15(9-18)26-16(21-13)14-6-7-20-23(14)2;/h3-7,25H,8-9H2,1-2H3,(H,22,24);1H2/t18-;/m0./s1. The second-order valence-electron chi connectivity index (χ2n) is 6.52. The van der Waals surface area contributed by atoms with Crippen molar-refractivity contribution in [3.05, 3.63) is 58.0 Å². The smallest absolute Gasteiger partial charge is 0.254 e. The molecule has 1 aliphatic rings. The van der Waals surface area contributed by atoms with Crippen LogP contribution in [0.2, 0.25) is 0 Å². The Kier molecular flexibility index (Phi) is 5.11. The van der Waals surface area contributed by atoms with E-state index in [-0.39, 0.29) is 19.3 Å². The van der Waals surface area contributed by atoms with Crippen molar-refractivity contribution >= 4 is 30.7 Å². The molecule has 3 aromatic rings. The number of fused-ring (bicyclic) bond motifs is 1. The first-order valence-corrected chi connectivity index (χ1v) is 8.95. The quantitative estimate of drug-likeness (QED) is 0.518. The molecule has 4 rings (SSSR count). The van der Waals surface area contributed by atoms with Crippen molar-refractivity contribution in [3.63, 3.8) is 0 Å². The molecule has 0 radical (unpaired) electrons. The van der Waals surface area contributed by atoms with Crippen LogP contribution < -0.4 is 5.48 Å². The van der Waals surface area contributed by atoms with Crippen LogP contribution in [-0.4, -0.2) is 25.9 Å². The van der Waals surface area contributed by atoms with Gasteiger partial charge in [-0.05, 0) is 30.2 Å². The fraction of sp³-hybridized carbons (Fsp3) is 0.278. The SMILES string of the molecule is Cc1c(F)cccc1[C@]1(C(=O)NO)Cc2nc(-c3ccnn3C)sc2C1.S.